The van der Waals surface area contributed by atoms with Gasteiger partial charge in [-0.1, -0.05) is 0 Å². The SMILES string of the molecule is CC(C)OCCCNC(=O)CSc1ccnc(C(=O)O)c1. The van der Waals surface area contributed by atoms with Crippen molar-refractivity contribution in [1.82, 2.24) is 10.3 Å². The van der Waals surface area contributed by atoms with E-state index in [4.69, 9.17) is 9.84 Å². The number of rotatable bonds is 9. The first-order valence-electron chi connectivity index (χ1n) is 6.69. The molecule has 6 nitrogen and oxygen atoms in total. The lowest BCUT2D eigenvalue weighted by atomic mass is 10.3. The molecule has 0 aromatic carbocycles. The van der Waals surface area contributed by atoms with Crippen LogP contribution in [0, 0.1) is 0 Å². The summed E-state index contributed by atoms with van der Waals surface area (Å²) in [7, 11) is 0. The van der Waals surface area contributed by atoms with Gasteiger partial charge in [0.1, 0.15) is 5.69 Å². The van der Waals surface area contributed by atoms with Gasteiger partial charge in [0.25, 0.3) is 0 Å². The van der Waals surface area contributed by atoms with Crippen LogP contribution in [0.4, 0.5) is 0 Å². The number of carbonyl (C=O) groups excluding carboxylic acids is 1. The lowest BCUT2D eigenvalue weighted by Crippen LogP contribution is -2.27. The van der Waals surface area contributed by atoms with Gasteiger partial charge in [-0.3, -0.25) is 4.79 Å². The minimum Gasteiger partial charge on any atom is -0.477 e. The second-order valence-corrected chi connectivity index (χ2v) is 5.64. The number of thioether (sulfide) groups is 1. The van der Waals surface area contributed by atoms with Gasteiger partial charge in [-0.2, -0.15) is 0 Å². The fourth-order valence-electron chi connectivity index (χ4n) is 1.44. The molecule has 0 aliphatic rings. The third-order valence-corrected chi connectivity index (χ3v) is 3.41. The zero-order valence-electron chi connectivity index (χ0n) is 12.2. The first-order chi connectivity index (χ1) is 9.99. The van der Waals surface area contributed by atoms with E-state index in [-0.39, 0.29) is 23.5 Å². The minimum atomic E-state index is -1.08. The minimum absolute atomic E-state index is 0.0220. The number of carboxylic acids is 1. The Morgan fingerprint density at radius 3 is 2.90 bits per heavy atom. The van der Waals surface area contributed by atoms with E-state index in [1.807, 2.05) is 13.8 Å². The standard InChI is InChI=1S/C14H20N2O4S/c1-10(2)20-7-3-5-16-13(17)9-21-11-4-6-15-12(8-11)14(18)19/h4,6,8,10H,3,5,7,9H2,1-2H3,(H,16,17)(H,18,19). The molecule has 1 aromatic heterocycles. The summed E-state index contributed by atoms with van der Waals surface area (Å²) in [5, 5.41) is 11.6. The molecular formula is C14H20N2O4S. The van der Waals surface area contributed by atoms with Crippen molar-refractivity contribution < 1.29 is 19.4 Å². The zero-order valence-corrected chi connectivity index (χ0v) is 13.0. The van der Waals surface area contributed by atoms with E-state index in [9.17, 15) is 9.59 Å². The molecule has 1 heterocycles. The first-order valence-corrected chi connectivity index (χ1v) is 7.68. The van der Waals surface area contributed by atoms with Crippen LogP contribution in [0.25, 0.3) is 0 Å². The van der Waals surface area contributed by atoms with Crippen molar-refractivity contribution in [2.45, 2.75) is 31.3 Å². The van der Waals surface area contributed by atoms with Crippen LogP contribution in [0.5, 0.6) is 0 Å². The molecule has 0 bridgehead atoms. The number of carboxylic acid groups (broad SMARTS) is 1. The Labute approximate surface area is 128 Å². The van der Waals surface area contributed by atoms with Gasteiger partial charge in [0.2, 0.25) is 5.91 Å². The van der Waals surface area contributed by atoms with Gasteiger partial charge in [-0.05, 0) is 32.4 Å². The molecule has 0 spiro atoms. The number of nitrogens with one attached hydrogen (secondary N) is 1. The molecule has 0 fully saturated rings. The topological polar surface area (TPSA) is 88.5 Å². The van der Waals surface area contributed by atoms with Crippen LogP contribution in [0.3, 0.4) is 0 Å². The van der Waals surface area contributed by atoms with Gasteiger partial charge in [0.05, 0.1) is 11.9 Å². The molecule has 0 aliphatic carbocycles. The molecule has 1 amide bonds. The lowest BCUT2D eigenvalue weighted by molar-refractivity contribution is -0.118. The molecule has 116 valence electrons. The summed E-state index contributed by atoms with van der Waals surface area (Å²) in [4.78, 5) is 26.8. The van der Waals surface area contributed by atoms with Crippen molar-refractivity contribution in [2.75, 3.05) is 18.9 Å². The van der Waals surface area contributed by atoms with Crippen LogP contribution < -0.4 is 5.32 Å². The maximum atomic E-state index is 11.6. The Kier molecular flexibility index (Phi) is 7.78. The summed E-state index contributed by atoms with van der Waals surface area (Å²) in [5.41, 5.74) is -0.0220. The molecule has 1 aromatic rings. The van der Waals surface area contributed by atoms with Crippen molar-refractivity contribution >= 4 is 23.6 Å². The predicted octanol–water partition coefficient (Wildman–Crippen LogP) is 1.80. The molecule has 0 aliphatic heterocycles. The summed E-state index contributed by atoms with van der Waals surface area (Å²) in [6.07, 6.45) is 2.39. The van der Waals surface area contributed by atoms with Crippen LogP contribution in [-0.4, -0.2) is 47.0 Å². The van der Waals surface area contributed by atoms with Crippen molar-refractivity contribution in [2.24, 2.45) is 0 Å². The summed E-state index contributed by atoms with van der Waals surface area (Å²) in [5.74, 6) is -0.918. The molecule has 21 heavy (non-hydrogen) atoms. The molecule has 0 radical (unpaired) electrons. The number of aromatic carboxylic acids is 1. The van der Waals surface area contributed by atoms with E-state index in [1.165, 1.54) is 24.0 Å². The molecule has 1 rings (SSSR count). The summed E-state index contributed by atoms with van der Waals surface area (Å²) >= 11 is 1.28. The second-order valence-electron chi connectivity index (χ2n) is 4.59. The molecule has 0 atom stereocenters. The van der Waals surface area contributed by atoms with E-state index in [0.717, 1.165) is 6.42 Å². The zero-order chi connectivity index (χ0) is 15.7. The van der Waals surface area contributed by atoms with Crippen LogP contribution in [0.15, 0.2) is 23.2 Å². The summed E-state index contributed by atoms with van der Waals surface area (Å²) in [6, 6.07) is 3.14. The summed E-state index contributed by atoms with van der Waals surface area (Å²) < 4.78 is 5.37. The Morgan fingerprint density at radius 1 is 1.48 bits per heavy atom. The van der Waals surface area contributed by atoms with Crippen LogP contribution >= 0.6 is 11.8 Å². The third kappa shape index (κ3) is 7.67. The summed E-state index contributed by atoms with van der Waals surface area (Å²) in [6.45, 7) is 5.13. The fourth-order valence-corrected chi connectivity index (χ4v) is 2.19. The highest BCUT2D eigenvalue weighted by molar-refractivity contribution is 8.00. The van der Waals surface area contributed by atoms with Gasteiger partial charge >= 0.3 is 5.97 Å². The number of nitrogens with zero attached hydrogens (tertiary/aromatic N) is 1. The van der Waals surface area contributed by atoms with Crippen molar-refractivity contribution in [1.29, 1.82) is 0 Å². The van der Waals surface area contributed by atoms with E-state index in [2.05, 4.69) is 10.3 Å². The maximum absolute atomic E-state index is 11.6. The number of aromatic nitrogens is 1. The third-order valence-electron chi connectivity index (χ3n) is 2.41. The Morgan fingerprint density at radius 2 is 2.24 bits per heavy atom. The molecule has 0 saturated carbocycles. The van der Waals surface area contributed by atoms with Gasteiger partial charge in [-0.15, -0.1) is 11.8 Å². The van der Waals surface area contributed by atoms with Gasteiger partial charge in [0.15, 0.2) is 0 Å². The molecule has 7 heteroatoms. The number of hydrogen-bond donors (Lipinski definition) is 2. The van der Waals surface area contributed by atoms with E-state index >= 15 is 0 Å². The lowest BCUT2D eigenvalue weighted by Gasteiger charge is -2.08. The highest BCUT2D eigenvalue weighted by atomic mass is 32.2. The maximum Gasteiger partial charge on any atom is 0.354 e. The normalized spacial score (nSPS) is 10.6. The Balaban J connectivity index is 2.24. The fraction of sp³-hybridized carbons (Fsp3) is 0.500. The largest absolute Gasteiger partial charge is 0.477 e. The van der Waals surface area contributed by atoms with E-state index in [0.29, 0.717) is 18.0 Å². The highest BCUT2D eigenvalue weighted by Crippen LogP contribution is 2.17. The van der Waals surface area contributed by atoms with Gasteiger partial charge in [0, 0.05) is 24.2 Å². The number of hydrogen-bond acceptors (Lipinski definition) is 5. The smallest absolute Gasteiger partial charge is 0.354 e. The highest BCUT2D eigenvalue weighted by Gasteiger charge is 2.07. The van der Waals surface area contributed by atoms with Crippen LogP contribution in [0.1, 0.15) is 30.8 Å². The van der Waals surface area contributed by atoms with Crippen molar-refractivity contribution in [3.05, 3.63) is 24.0 Å². The van der Waals surface area contributed by atoms with Crippen molar-refractivity contribution in [3.63, 3.8) is 0 Å². The van der Waals surface area contributed by atoms with Crippen LogP contribution in [0.2, 0.25) is 0 Å². The van der Waals surface area contributed by atoms with E-state index < -0.39 is 5.97 Å². The van der Waals surface area contributed by atoms with Crippen LogP contribution in [-0.2, 0) is 9.53 Å². The molecule has 0 unspecified atom stereocenters. The number of pyridine rings is 1. The average molecular weight is 312 g/mol. The number of ether oxygens (including phenoxy) is 1. The molecule has 0 saturated heterocycles. The monoisotopic (exact) mass is 312 g/mol. The quantitative estimate of drug-likeness (QED) is 0.534. The van der Waals surface area contributed by atoms with Gasteiger partial charge < -0.3 is 15.2 Å². The second kappa shape index (κ2) is 9.36. The Bertz CT molecular complexity index is 480. The Hall–Kier alpha value is -1.60. The number of amides is 1. The average Bonchev–Trinajstić information content (AvgIpc) is 2.44. The van der Waals surface area contributed by atoms with Crippen molar-refractivity contribution in [3.8, 4) is 0 Å². The molecular weight excluding hydrogens is 292 g/mol. The number of carbonyl (C=O) groups is 2. The van der Waals surface area contributed by atoms with Gasteiger partial charge in [-0.25, -0.2) is 9.78 Å². The predicted molar refractivity (Wildman–Crippen MR) is 80.6 cm³/mol. The first kappa shape index (κ1) is 17.5. The van der Waals surface area contributed by atoms with E-state index in [1.54, 1.807) is 6.07 Å². The molecule has 2 N–H and O–H groups in total.